The van der Waals surface area contributed by atoms with Gasteiger partial charge in [-0.25, -0.2) is 9.97 Å². The van der Waals surface area contributed by atoms with Crippen molar-refractivity contribution in [2.45, 2.75) is 19.8 Å². The molecule has 8 nitrogen and oxygen atoms in total. The maximum atomic E-state index is 10.1. The molecule has 1 aromatic heterocycles. The summed E-state index contributed by atoms with van der Waals surface area (Å²) in [5.41, 5.74) is 4.72. The second-order valence-corrected chi connectivity index (χ2v) is 7.69. The largest absolute Gasteiger partial charge is 0.462 e. The van der Waals surface area contributed by atoms with Crippen LogP contribution in [0.1, 0.15) is 19.8 Å². The Bertz CT molecular complexity index is 1050. The first-order valence-corrected chi connectivity index (χ1v) is 11.3. The van der Waals surface area contributed by atoms with Gasteiger partial charge in [0.1, 0.15) is 6.11 Å². The third kappa shape index (κ3) is 7.10. The van der Waals surface area contributed by atoms with Gasteiger partial charge < -0.3 is 20.1 Å². The summed E-state index contributed by atoms with van der Waals surface area (Å²) >= 11 is 0. The number of nitrogens with one attached hydrogen (secondary N) is 1. The lowest BCUT2D eigenvalue weighted by Gasteiger charge is -2.28. The lowest BCUT2D eigenvalue weighted by molar-refractivity contribution is 0.122. The number of aliphatic hydroxyl groups excluding tert-OH is 1. The van der Waals surface area contributed by atoms with E-state index < -0.39 is 0 Å². The van der Waals surface area contributed by atoms with Crippen LogP contribution >= 0.6 is 0 Å². The Morgan fingerprint density at radius 2 is 1.76 bits per heavy atom. The van der Waals surface area contributed by atoms with Crippen LogP contribution in [-0.2, 0) is 4.74 Å². The quantitative estimate of drug-likeness (QED) is 0.329. The minimum absolute atomic E-state index is 0.549. The second-order valence-electron chi connectivity index (χ2n) is 7.69. The van der Waals surface area contributed by atoms with Crippen molar-refractivity contribution in [3.8, 4) is 23.8 Å². The summed E-state index contributed by atoms with van der Waals surface area (Å²) in [5.74, 6) is 0.549. The highest BCUT2D eigenvalue weighted by atomic mass is 16.5. The van der Waals surface area contributed by atoms with E-state index in [-0.39, 0.29) is 0 Å². The number of ether oxygens (including phenoxy) is 1. The van der Waals surface area contributed by atoms with Crippen molar-refractivity contribution >= 4 is 23.0 Å². The molecule has 0 atom stereocenters. The minimum Gasteiger partial charge on any atom is -0.462 e. The molecule has 1 aliphatic heterocycles. The van der Waals surface area contributed by atoms with E-state index in [1.807, 2.05) is 42.5 Å². The Morgan fingerprint density at radius 3 is 2.41 bits per heavy atom. The molecular formula is C26H31N5O3. The molecule has 1 fully saturated rings. The van der Waals surface area contributed by atoms with Crippen molar-refractivity contribution in [2.24, 2.45) is 0 Å². The Balaban J connectivity index is 0.00000103. The van der Waals surface area contributed by atoms with Gasteiger partial charge in [-0.1, -0.05) is 31.9 Å². The lowest BCUT2D eigenvalue weighted by Crippen LogP contribution is -2.36. The number of terminal acetylenes is 1. The Morgan fingerprint density at radius 1 is 1.09 bits per heavy atom. The number of anilines is 4. The van der Waals surface area contributed by atoms with Gasteiger partial charge in [0.2, 0.25) is 5.95 Å². The van der Waals surface area contributed by atoms with Gasteiger partial charge in [-0.2, -0.15) is 0 Å². The Hall–Kier alpha value is -3.80. The molecule has 0 unspecified atom stereocenters. The van der Waals surface area contributed by atoms with Crippen LogP contribution in [0.4, 0.5) is 23.0 Å². The van der Waals surface area contributed by atoms with Gasteiger partial charge in [-0.15, -0.1) is 0 Å². The number of rotatable bonds is 8. The van der Waals surface area contributed by atoms with E-state index in [9.17, 15) is 5.21 Å². The van der Waals surface area contributed by atoms with E-state index in [1.165, 1.54) is 16.9 Å². The molecule has 0 saturated carbocycles. The van der Waals surface area contributed by atoms with E-state index in [2.05, 4.69) is 45.7 Å². The normalized spacial score (nSPS) is 12.8. The van der Waals surface area contributed by atoms with E-state index >= 15 is 0 Å². The summed E-state index contributed by atoms with van der Waals surface area (Å²) in [6, 6.07) is 17.9. The molecule has 0 aliphatic carbocycles. The molecule has 34 heavy (non-hydrogen) atoms. The predicted molar refractivity (Wildman–Crippen MR) is 135 cm³/mol. The summed E-state index contributed by atoms with van der Waals surface area (Å²) in [7, 11) is 0. The summed E-state index contributed by atoms with van der Waals surface area (Å²) in [4.78, 5) is 11.3. The van der Waals surface area contributed by atoms with Gasteiger partial charge in [0.25, 0.3) is 0 Å². The summed E-state index contributed by atoms with van der Waals surface area (Å²) in [6.07, 6.45) is 9.15. The van der Waals surface area contributed by atoms with Gasteiger partial charge in [0, 0.05) is 42.8 Å². The number of nitrogens with zero attached hydrogens (tertiary/aromatic N) is 4. The lowest BCUT2D eigenvalue weighted by atomic mass is 10.1. The minimum atomic E-state index is 0.549. The van der Waals surface area contributed by atoms with Crippen LogP contribution in [0.5, 0.6) is 0 Å². The Kier molecular flexibility index (Phi) is 9.52. The molecule has 1 aliphatic rings. The molecule has 1 saturated heterocycles. The maximum absolute atomic E-state index is 10.1. The number of benzene rings is 2. The first kappa shape index (κ1) is 24.8. The van der Waals surface area contributed by atoms with Crippen LogP contribution in [0.15, 0.2) is 60.8 Å². The fourth-order valence-corrected chi connectivity index (χ4v) is 3.53. The number of aromatic nitrogens is 2. The number of aliphatic hydroxyl groups is 1. The van der Waals surface area contributed by atoms with E-state index in [0.29, 0.717) is 12.5 Å². The zero-order valence-electron chi connectivity index (χ0n) is 19.4. The molecule has 2 heterocycles. The van der Waals surface area contributed by atoms with Crippen molar-refractivity contribution in [2.75, 3.05) is 48.1 Å². The predicted octanol–water partition coefficient (Wildman–Crippen LogP) is 4.67. The van der Waals surface area contributed by atoms with Gasteiger partial charge in [-0.05, 0) is 48.9 Å². The van der Waals surface area contributed by atoms with Crippen LogP contribution in [0, 0.1) is 12.5 Å². The monoisotopic (exact) mass is 461 g/mol. The number of unbranched alkanes of at least 4 members (excludes halogenated alkanes) is 1. The highest BCUT2D eigenvalue weighted by molar-refractivity contribution is 5.65. The molecule has 0 spiro atoms. The summed E-state index contributed by atoms with van der Waals surface area (Å²) in [6.45, 7) is 6.12. The number of hydrogen-bond donors (Lipinski definition) is 3. The number of morpholine rings is 1. The molecule has 0 amide bonds. The average molecular weight is 462 g/mol. The number of hydrogen-bond acceptors (Lipinski definition) is 8. The van der Waals surface area contributed by atoms with E-state index in [4.69, 9.17) is 9.84 Å². The van der Waals surface area contributed by atoms with Crippen LogP contribution in [0.3, 0.4) is 0 Å². The summed E-state index contributed by atoms with van der Waals surface area (Å²) in [5, 5.41) is 21.8. The van der Waals surface area contributed by atoms with Crippen LogP contribution in [-0.4, -0.2) is 53.1 Å². The van der Waals surface area contributed by atoms with E-state index in [0.717, 1.165) is 61.8 Å². The van der Waals surface area contributed by atoms with Crippen molar-refractivity contribution < 1.29 is 15.1 Å². The first-order chi connectivity index (χ1) is 16.6. The van der Waals surface area contributed by atoms with Crippen LogP contribution in [0.2, 0.25) is 0 Å². The topological polar surface area (TPSA) is 94.0 Å². The van der Waals surface area contributed by atoms with Gasteiger partial charge >= 0.3 is 0 Å². The summed E-state index contributed by atoms with van der Waals surface area (Å²) < 4.78 is 5.42. The Labute approximate surface area is 200 Å². The zero-order valence-corrected chi connectivity index (χ0v) is 19.4. The van der Waals surface area contributed by atoms with Gasteiger partial charge in [0.05, 0.1) is 24.6 Å². The fourth-order valence-electron chi connectivity index (χ4n) is 3.53. The molecule has 2 aromatic carbocycles. The second kappa shape index (κ2) is 13.0. The molecule has 178 valence electrons. The van der Waals surface area contributed by atoms with Crippen LogP contribution in [0.25, 0.3) is 11.3 Å². The van der Waals surface area contributed by atoms with E-state index in [1.54, 1.807) is 6.20 Å². The highest BCUT2D eigenvalue weighted by Gasteiger charge is 2.11. The molecule has 3 aromatic rings. The van der Waals surface area contributed by atoms with Crippen molar-refractivity contribution in [3.05, 3.63) is 60.8 Å². The average Bonchev–Trinajstić information content (AvgIpc) is 2.89. The molecule has 8 heteroatoms. The smallest absolute Gasteiger partial charge is 0.227 e. The molecule has 0 bridgehead atoms. The van der Waals surface area contributed by atoms with Gasteiger partial charge in [0.15, 0.2) is 0 Å². The van der Waals surface area contributed by atoms with Crippen molar-refractivity contribution in [3.63, 3.8) is 0 Å². The fraction of sp³-hybridized carbons (Fsp3) is 0.308. The molecule has 3 N–H and O–H groups in total. The molecule has 4 rings (SSSR count). The first-order valence-electron chi connectivity index (χ1n) is 11.3. The third-order valence-electron chi connectivity index (χ3n) is 5.34. The molecule has 0 radical (unpaired) electrons. The number of hydroxylamine groups is 1. The maximum Gasteiger partial charge on any atom is 0.227 e. The third-order valence-corrected chi connectivity index (χ3v) is 5.34. The SMILES string of the molecule is C#CO.CCCCN(O)c1ccc(-c2ccnc(Nc3ccc(N4CCOCC4)cc3)n2)cc1. The van der Waals surface area contributed by atoms with Crippen molar-refractivity contribution in [1.82, 2.24) is 9.97 Å². The van der Waals surface area contributed by atoms with Crippen molar-refractivity contribution in [1.29, 1.82) is 0 Å². The highest BCUT2D eigenvalue weighted by Crippen LogP contribution is 2.24. The van der Waals surface area contributed by atoms with Crippen LogP contribution < -0.4 is 15.3 Å². The van der Waals surface area contributed by atoms with Gasteiger partial charge in [-0.3, -0.25) is 10.3 Å². The molecular weight excluding hydrogens is 430 g/mol. The standard InChI is InChI=1S/C24H29N5O2.C2H2O/c1-2-3-14-29(30)22-8-4-19(5-9-22)23-12-13-25-24(27-23)26-20-6-10-21(11-7-20)28-15-17-31-18-16-28;1-2-3/h4-13,30H,2-3,14-18H2,1H3,(H,25,26,27);1,3H. The zero-order chi connectivity index (χ0) is 24.2.